The Labute approximate surface area is 91.4 Å². The molecule has 0 aromatic carbocycles. The van der Waals surface area contributed by atoms with Gasteiger partial charge >= 0.3 is 0 Å². The fourth-order valence-corrected chi connectivity index (χ4v) is 1.56. The number of nitriles is 2. The van der Waals surface area contributed by atoms with Gasteiger partial charge in [-0.25, -0.2) is 5.32 Å². The first-order chi connectivity index (χ1) is 7.18. The molecule has 84 valence electrons. The molecule has 5 nitrogen and oxygen atoms in total. The smallest absolute Gasteiger partial charge is 0.190 e. The predicted molar refractivity (Wildman–Crippen MR) is 56.0 cm³/mol. The van der Waals surface area contributed by atoms with Crippen LogP contribution in [0.1, 0.15) is 19.8 Å². The minimum absolute atomic E-state index is 0.855. The molecule has 5 heteroatoms. The molecule has 0 atom stereocenters. The Hall–Kier alpha value is -1.30. The summed E-state index contributed by atoms with van der Waals surface area (Å²) in [6.45, 7) is 6.44. The summed E-state index contributed by atoms with van der Waals surface area (Å²) >= 11 is 0. The molecule has 0 spiro atoms. The number of rotatable bonds is 3. The maximum Gasteiger partial charge on any atom is 0.190 e. The molecule has 0 aliphatic carbocycles. The lowest BCUT2D eigenvalue weighted by atomic mass is 10.4. The topological polar surface area (TPSA) is 68.8 Å². The number of hydrogen-bond donors (Lipinski definition) is 1. The van der Waals surface area contributed by atoms with E-state index in [9.17, 15) is 0 Å². The molecule has 1 fully saturated rings. The molecule has 1 aliphatic rings. The van der Waals surface area contributed by atoms with Gasteiger partial charge in [0.15, 0.2) is 19.1 Å². The molecule has 1 N–H and O–H groups in total. The predicted octanol–water partition coefficient (Wildman–Crippen LogP) is 0.759. The molecule has 0 aromatic rings. The van der Waals surface area contributed by atoms with Crippen molar-refractivity contribution in [2.24, 2.45) is 0 Å². The lowest BCUT2D eigenvalue weighted by Crippen LogP contribution is -2.42. The minimum atomic E-state index is 0.855. The van der Waals surface area contributed by atoms with Crippen molar-refractivity contribution in [2.75, 3.05) is 33.5 Å². The standard InChI is InChI=1S/C8H18NO.C2HN3/c1-3-10-8-9(2)6-4-5-7-9;3-1-5-2-4/h3-8H2,1-2H3;5H/q+1;. The Morgan fingerprint density at radius 2 is 1.80 bits per heavy atom. The van der Waals surface area contributed by atoms with Gasteiger partial charge in [-0.3, -0.25) is 0 Å². The fourth-order valence-electron chi connectivity index (χ4n) is 1.56. The number of hydrogen-bond acceptors (Lipinski definition) is 4. The van der Waals surface area contributed by atoms with Crippen molar-refractivity contribution in [3.05, 3.63) is 0 Å². The zero-order valence-corrected chi connectivity index (χ0v) is 9.49. The Morgan fingerprint density at radius 3 is 2.13 bits per heavy atom. The van der Waals surface area contributed by atoms with Gasteiger partial charge in [0.2, 0.25) is 0 Å². The van der Waals surface area contributed by atoms with Crippen LogP contribution in [0, 0.1) is 22.9 Å². The SMILES string of the molecule is CCOC[N+]1(C)CCCC1.N#CNC#N. The van der Waals surface area contributed by atoms with Crippen LogP contribution in [0.4, 0.5) is 0 Å². The van der Waals surface area contributed by atoms with Crippen LogP contribution in [0.3, 0.4) is 0 Å². The van der Waals surface area contributed by atoms with Crippen molar-refractivity contribution in [3.8, 4) is 12.4 Å². The summed E-state index contributed by atoms with van der Waals surface area (Å²) in [5, 5.41) is 16.7. The Balaban J connectivity index is 0.000000336. The molecule has 0 aromatic heterocycles. The number of ether oxygens (including phenoxy) is 1. The van der Waals surface area contributed by atoms with Gasteiger partial charge in [-0.05, 0) is 6.92 Å². The third-order valence-corrected chi connectivity index (χ3v) is 2.36. The summed E-state index contributed by atoms with van der Waals surface area (Å²) in [7, 11) is 2.28. The molecular formula is C10H19N4O+. The van der Waals surface area contributed by atoms with Gasteiger partial charge in [-0.2, -0.15) is 10.5 Å². The molecule has 15 heavy (non-hydrogen) atoms. The fraction of sp³-hybridized carbons (Fsp3) is 0.800. The highest BCUT2D eigenvalue weighted by Crippen LogP contribution is 2.15. The zero-order chi connectivity index (χ0) is 11.6. The Morgan fingerprint density at radius 1 is 1.27 bits per heavy atom. The second-order valence-electron chi connectivity index (χ2n) is 3.74. The van der Waals surface area contributed by atoms with Crippen LogP contribution in [0.25, 0.3) is 0 Å². The summed E-state index contributed by atoms with van der Waals surface area (Å²) < 4.78 is 6.53. The monoisotopic (exact) mass is 211 g/mol. The first-order valence-electron chi connectivity index (χ1n) is 5.13. The number of likely N-dealkylation sites (tertiary alicyclic amines) is 1. The van der Waals surface area contributed by atoms with Gasteiger partial charge in [0, 0.05) is 19.4 Å². The van der Waals surface area contributed by atoms with Gasteiger partial charge in [0.25, 0.3) is 0 Å². The van der Waals surface area contributed by atoms with Crippen molar-refractivity contribution in [3.63, 3.8) is 0 Å². The van der Waals surface area contributed by atoms with E-state index in [4.69, 9.17) is 15.3 Å². The molecular weight excluding hydrogens is 192 g/mol. The van der Waals surface area contributed by atoms with Crippen LogP contribution in [-0.4, -0.2) is 38.0 Å². The molecule has 1 saturated heterocycles. The molecule has 1 aliphatic heterocycles. The first kappa shape index (κ1) is 13.7. The van der Waals surface area contributed by atoms with Crippen molar-refractivity contribution in [2.45, 2.75) is 19.8 Å². The van der Waals surface area contributed by atoms with Crippen molar-refractivity contribution < 1.29 is 9.22 Å². The lowest BCUT2D eigenvalue weighted by Gasteiger charge is -2.27. The molecule has 0 bridgehead atoms. The van der Waals surface area contributed by atoms with Crippen LogP contribution >= 0.6 is 0 Å². The highest BCUT2D eigenvalue weighted by molar-refractivity contribution is 4.77. The highest BCUT2D eigenvalue weighted by atomic mass is 16.5. The average Bonchev–Trinajstić information content (AvgIpc) is 2.65. The number of nitrogens with zero attached hydrogens (tertiary/aromatic N) is 3. The van der Waals surface area contributed by atoms with Crippen LogP contribution in [-0.2, 0) is 4.74 Å². The first-order valence-corrected chi connectivity index (χ1v) is 5.13. The van der Waals surface area contributed by atoms with Crippen molar-refractivity contribution in [1.82, 2.24) is 5.32 Å². The van der Waals surface area contributed by atoms with Crippen LogP contribution in [0.2, 0.25) is 0 Å². The van der Waals surface area contributed by atoms with Gasteiger partial charge in [0.1, 0.15) is 0 Å². The van der Waals surface area contributed by atoms with Gasteiger partial charge in [0.05, 0.1) is 20.1 Å². The third kappa shape index (κ3) is 6.73. The van der Waals surface area contributed by atoms with Crippen LogP contribution < -0.4 is 5.32 Å². The van der Waals surface area contributed by atoms with E-state index in [1.54, 1.807) is 5.32 Å². The van der Waals surface area contributed by atoms with E-state index in [-0.39, 0.29) is 0 Å². The van der Waals surface area contributed by atoms with E-state index in [2.05, 4.69) is 14.0 Å². The molecule has 0 unspecified atom stereocenters. The molecule has 0 saturated carbocycles. The summed E-state index contributed by atoms with van der Waals surface area (Å²) in [4.78, 5) is 0. The molecule has 0 radical (unpaired) electrons. The molecule has 1 rings (SSSR count). The lowest BCUT2D eigenvalue weighted by molar-refractivity contribution is -0.916. The highest BCUT2D eigenvalue weighted by Gasteiger charge is 2.26. The van der Waals surface area contributed by atoms with E-state index >= 15 is 0 Å². The van der Waals surface area contributed by atoms with Crippen LogP contribution in [0.15, 0.2) is 0 Å². The van der Waals surface area contributed by atoms with Gasteiger partial charge in [-0.15, -0.1) is 0 Å². The second kappa shape index (κ2) is 8.05. The third-order valence-electron chi connectivity index (χ3n) is 2.36. The summed E-state index contributed by atoms with van der Waals surface area (Å²) in [5.41, 5.74) is 0. The maximum atomic E-state index is 7.48. The second-order valence-corrected chi connectivity index (χ2v) is 3.74. The van der Waals surface area contributed by atoms with E-state index in [0.29, 0.717) is 0 Å². The largest absolute Gasteiger partial charge is 0.332 e. The molecule has 1 heterocycles. The zero-order valence-electron chi connectivity index (χ0n) is 9.49. The normalized spacial score (nSPS) is 16.8. The van der Waals surface area contributed by atoms with E-state index < -0.39 is 0 Å². The maximum absolute atomic E-state index is 7.48. The van der Waals surface area contributed by atoms with E-state index in [1.807, 2.05) is 0 Å². The van der Waals surface area contributed by atoms with E-state index in [0.717, 1.165) is 17.8 Å². The summed E-state index contributed by atoms with van der Waals surface area (Å²) in [6, 6.07) is 0. The van der Waals surface area contributed by atoms with Gasteiger partial charge in [-0.1, -0.05) is 0 Å². The average molecular weight is 211 g/mol. The minimum Gasteiger partial charge on any atom is -0.332 e. The number of quaternary nitrogens is 1. The van der Waals surface area contributed by atoms with Crippen molar-refractivity contribution in [1.29, 1.82) is 10.5 Å². The van der Waals surface area contributed by atoms with Gasteiger partial charge < -0.3 is 9.22 Å². The van der Waals surface area contributed by atoms with Crippen molar-refractivity contribution >= 4 is 0 Å². The number of nitrogens with one attached hydrogen (secondary N) is 1. The Bertz CT molecular complexity index is 223. The van der Waals surface area contributed by atoms with Crippen LogP contribution in [0.5, 0.6) is 0 Å². The quantitative estimate of drug-likeness (QED) is 0.425. The summed E-state index contributed by atoms with van der Waals surface area (Å²) in [5.74, 6) is 0. The molecule has 0 amide bonds. The van der Waals surface area contributed by atoms with E-state index in [1.165, 1.54) is 38.3 Å². The summed E-state index contributed by atoms with van der Waals surface area (Å²) in [6.07, 6.45) is 5.57. The Kier molecular flexibility index (Phi) is 7.35.